The largest absolute Gasteiger partial charge is 0.398 e. The molecule has 0 aliphatic carbocycles. The predicted octanol–water partition coefficient (Wildman–Crippen LogP) is 2.41. The second-order valence-electron chi connectivity index (χ2n) is 2.49. The number of anilines is 1. The van der Waals surface area contributed by atoms with Crippen molar-refractivity contribution >= 4 is 28.8 Å². The molecule has 0 unspecified atom stereocenters. The van der Waals surface area contributed by atoms with Crippen molar-refractivity contribution < 1.29 is 4.39 Å². The van der Waals surface area contributed by atoms with Gasteiger partial charge in [-0.1, -0.05) is 23.1 Å². The van der Waals surface area contributed by atoms with Crippen LogP contribution in [0.15, 0.2) is 32.9 Å². The highest BCUT2D eigenvalue weighted by molar-refractivity contribution is 8.01. The van der Waals surface area contributed by atoms with E-state index in [-0.39, 0.29) is 5.82 Å². The minimum atomic E-state index is -0.300. The Labute approximate surface area is 88.2 Å². The molecule has 0 aliphatic heterocycles. The van der Waals surface area contributed by atoms with Crippen LogP contribution < -0.4 is 5.73 Å². The van der Waals surface area contributed by atoms with Crippen molar-refractivity contribution in [1.29, 1.82) is 0 Å². The third-order valence-electron chi connectivity index (χ3n) is 1.51. The maximum atomic E-state index is 12.9. The molecule has 0 atom stereocenters. The van der Waals surface area contributed by atoms with Gasteiger partial charge in [-0.25, -0.2) is 4.39 Å². The standard InChI is InChI=1S/C8H6FN3S2/c9-5-1-2-6(10)7(3-5)14-8-12-11-4-13-8/h1-4H,10H2. The van der Waals surface area contributed by atoms with Gasteiger partial charge in [-0.05, 0) is 18.2 Å². The second kappa shape index (κ2) is 3.93. The fourth-order valence-corrected chi connectivity index (χ4v) is 2.40. The summed E-state index contributed by atoms with van der Waals surface area (Å²) in [6.45, 7) is 0. The summed E-state index contributed by atoms with van der Waals surface area (Å²) in [5, 5.41) is 7.52. The van der Waals surface area contributed by atoms with Crippen LogP contribution >= 0.6 is 23.1 Å². The quantitative estimate of drug-likeness (QED) is 0.800. The van der Waals surface area contributed by atoms with Crippen molar-refractivity contribution in [2.24, 2.45) is 0 Å². The molecule has 0 radical (unpaired) electrons. The average Bonchev–Trinajstić information content (AvgIpc) is 2.64. The van der Waals surface area contributed by atoms with Crippen LogP contribution in [0.5, 0.6) is 0 Å². The van der Waals surface area contributed by atoms with E-state index >= 15 is 0 Å². The van der Waals surface area contributed by atoms with Gasteiger partial charge in [0.25, 0.3) is 0 Å². The van der Waals surface area contributed by atoms with E-state index in [2.05, 4.69) is 10.2 Å². The fraction of sp³-hybridized carbons (Fsp3) is 0. The Hall–Kier alpha value is -1.14. The van der Waals surface area contributed by atoms with Gasteiger partial charge >= 0.3 is 0 Å². The van der Waals surface area contributed by atoms with Crippen molar-refractivity contribution in [3.05, 3.63) is 29.5 Å². The fourth-order valence-electron chi connectivity index (χ4n) is 0.898. The number of halogens is 1. The normalized spacial score (nSPS) is 10.4. The molecule has 2 aromatic rings. The number of nitrogens with two attached hydrogens (primary N) is 1. The zero-order valence-corrected chi connectivity index (χ0v) is 8.61. The highest BCUT2D eigenvalue weighted by Crippen LogP contribution is 2.32. The van der Waals surface area contributed by atoms with E-state index < -0.39 is 0 Å². The van der Waals surface area contributed by atoms with Gasteiger partial charge in [0.1, 0.15) is 11.3 Å². The summed E-state index contributed by atoms with van der Waals surface area (Å²) in [5.41, 5.74) is 7.85. The lowest BCUT2D eigenvalue weighted by molar-refractivity contribution is 0.624. The first kappa shape index (κ1) is 9.42. The Morgan fingerprint density at radius 1 is 1.43 bits per heavy atom. The first-order chi connectivity index (χ1) is 6.75. The zero-order valence-electron chi connectivity index (χ0n) is 6.98. The summed E-state index contributed by atoms with van der Waals surface area (Å²) < 4.78 is 13.6. The SMILES string of the molecule is Nc1ccc(F)cc1Sc1nncs1. The van der Waals surface area contributed by atoms with Gasteiger partial charge in [0.2, 0.25) is 0 Å². The van der Waals surface area contributed by atoms with Crippen molar-refractivity contribution in [3.63, 3.8) is 0 Å². The molecular weight excluding hydrogens is 221 g/mol. The molecule has 3 nitrogen and oxygen atoms in total. The van der Waals surface area contributed by atoms with Gasteiger partial charge in [0, 0.05) is 10.6 Å². The van der Waals surface area contributed by atoms with Crippen molar-refractivity contribution in [2.45, 2.75) is 9.24 Å². The topological polar surface area (TPSA) is 51.8 Å². The Morgan fingerprint density at radius 2 is 2.29 bits per heavy atom. The number of hydrogen-bond acceptors (Lipinski definition) is 5. The predicted molar refractivity (Wildman–Crippen MR) is 54.8 cm³/mol. The lowest BCUT2D eigenvalue weighted by atomic mass is 10.3. The summed E-state index contributed by atoms with van der Waals surface area (Å²) in [6, 6.07) is 4.26. The maximum Gasteiger partial charge on any atom is 0.178 e. The second-order valence-corrected chi connectivity index (χ2v) is 4.61. The Bertz CT molecular complexity index is 430. The molecule has 0 saturated carbocycles. The van der Waals surface area contributed by atoms with Crippen LogP contribution in [0.2, 0.25) is 0 Å². The first-order valence-electron chi connectivity index (χ1n) is 3.75. The summed E-state index contributed by atoms with van der Waals surface area (Å²) in [7, 11) is 0. The summed E-state index contributed by atoms with van der Waals surface area (Å²) >= 11 is 2.71. The molecule has 0 amide bonds. The zero-order chi connectivity index (χ0) is 9.97. The van der Waals surface area contributed by atoms with Crippen LogP contribution in [0.1, 0.15) is 0 Å². The Morgan fingerprint density at radius 3 is 3.00 bits per heavy atom. The van der Waals surface area contributed by atoms with Crippen LogP contribution in [-0.4, -0.2) is 10.2 Å². The molecule has 0 spiro atoms. The van der Waals surface area contributed by atoms with Crippen LogP contribution in [0.4, 0.5) is 10.1 Å². The number of hydrogen-bond donors (Lipinski definition) is 1. The van der Waals surface area contributed by atoms with E-state index in [0.29, 0.717) is 10.6 Å². The summed E-state index contributed by atoms with van der Waals surface area (Å²) in [6.07, 6.45) is 0. The Balaban J connectivity index is 2.28. The van der Waals surface area contributed by atoms with Gasteiger partial charge in [-0.2, -0.15) is 0 Å². The number of rotatable bonds is 2. The lowest BCUT2D eigenvalue weighted by Gasteiger charge is -2.01. The van der Waals surface area contributed by atoms with Crippen LogP contribution in [0, 0.1) is 5.82 Å². The molecule has 1 aromatic carbocycles. The number of nitrogens with zero attached hydrogens (tertiary/aromatic N) is 2. The molecule has 0 fully saturated rings. The summed E-state index contributed by atoms with van der Waals surface area (Å²) in [5.74, 6) is -0.300. The molecule has 14 heavy (non-hydrogen) atoms. The van der Waals surface area contributed by atoms with Gasteiger partial charge in [-0.3, -0.25) is 0 Å². The van der Waals surface area contributed by atoms with Crippen molar-refractivity contribution in [1.82, 2.24) is 10.2 Å². The van der Waals surface area contributed by atoms with E-state index in [9.17, 15) is 4.39 Å². The van der Waals surface area contributed by atoms with Crippen LogP contribution in [-0.2, 0) is 0 Å². The molecule has 0 bridgehead atoms. The minimum Gasteiger partial charge on any atom is -0.398 e. The highest BCUT2D eigenvalue weighted by Gasteiger charge is 2.05. The molecule has 0 aliphatic rings. The van der Waals surface area contributed by atoms with Gasteiger partial charge in [-0.15, -0.1) is 10.2 Å². The Kier molecular flexibility index (Phi) is 2.64. The highest BCUT2D eigenvalue weighted by atomic mass is 32.2. The van der Waals surface area contributed by atoms with Crippen LogP contribution in [0.3, 0.4) is 0 Å². The van der Waals surface area contributed by atoms with Gasteiger partial charge in [0.05, 0.1) is 0 Å². The van der Waals surface area contributed by atoms with E-state index in [1.54, 1.807) is 11.6 Å². The average molecular weight is 227 g/mol. The molecule has 2 N–H and O–H groups in total. The third kappa shape index (κ3) is 2.02. The number of nitrogen functional groups attached to an aromatic ring is 1. The van der Waals surface area contributed by atoms with Crippen molar-refractivity contribution in [3.8, 4) is 0 Å². The maximum absolute atomic E-state index is 12.9. The monoisotopic (exact) mass is 227 g/mol. The number of benzene rings is 1. The molecule has 1 heterocycles. The van der Waals surface area contributed by atoms with Crippen molar-refractivity contribution in [2.75, 3.05) is 5.73 Å². The third-order valence-corrected chi connectivity index (χ3v) is 3.36. The number of aromatic nitrogens is 2. The van der Waals surface area contributed by atoms with E-state index in [4.69, 9.17) is 5.73 Å². The van der Waals surface area contributed by atoms with E-state index in [1.165, 1.54) is 35.2 Å². The molecule has 72 valence electrons. The first-order valence-corrected chi connectivity index (χ1v) is 5.44. The lowest BCUT2D eigenvalue weighted by Crippen LogP contribution is -1.89. The molecular formula is C8H6FN3S2. The summed E-state index contributed by atoms with van der Waals surface area (Å²) in [4.78, 5) is 0.668. The van der Waals surface area contributed by atoms with Crippen LogP contribution in [0.25, 0.3) is 0 Å². The van der Waals surface area contributed by atoms with E-state index in [0.717, 1.165) is 4.34 Å². The molecule has 2 rings (SSSR count). The molecule has 0 saturated heterocycles. The van der Waals surface area contributed by atoms with Gasteiger partial charge < -0.3 is 5.73 Å². The smallest absolute Gasteiger partial charge is 0.178 e. The molecule has 6 heteroatoms. The van der Waals surface area contributed by atoms with Gasteiger partial charge in [0.15, 0.2) is 4.34 Å². The van der Waals surface area contributed by atoms with E-state index in [1.807, 2.05) is 0 Å². The minimum absolute atomic E-state index is 0.300. The molecule has 1 aromatic heterocycles.